The Morgan fingerprint density at radius 3 is 2.50 bits per heavy atom. The van der Waals surface area contributed by atoms with E-state index in [1.165, 1.54) is 18.5 Å². The Kier molecular flexibility index (Phi) is 3.83. The minimum absolute atomic E-state index is 0.248. The molecule has 88 valence electrons. The van der Waals surface area contributed by atoms with Gasteiger partial charge in [0.2, 0.25) is 0 Å². The monoisotopic (exact) mass is 219 g/mol. The molecule has 1 saturated carbocycles. The molecule has 16 heavy (non-hydrogen) atoms. The molecular formula is C14H21NO. The first kappa shape index (κ1) is 11.5. The van der Waals surface area contributed by atoms with Gasteiger partial charge in [-0.3, -0.25) is 0 Å². The lowest BCUT2D eigenvalue weighted by Gasteiger charge is -2.32. The minimum atomic E-state index is 0.248. The molecule has 1 aromatic carbocycles. The molecule has 1 fully saturated rings. The zero-order valence-electron chi connectivity index (χ0n) is 9.97. The third-order valence-electron chi connectivity index (χ3n) is 3.36. The van der Waals surface area contributed by atoms with Crippen LogP contribution in [0.3, 0.4) is 0 Å². The van der Waals surface area contributed by atoms with Gasteiger partial charge < -0.3 is 10.0 Å². The molecule has 0 saturated heterocycles. The van der Waals surface area contributed by atoms with Crippen molar-refractivity contribution >= 4 is 5.69 Å². The quantitative estimate of drug-likeness (QED) is 0.795. The first-order valence-electron chi connectivity index (χ1n) is 6.27. The van der Waals surface area contributed by atoms with Gasteiger partial charge in [0.1, 0.15) is 0 Å². The summed E-state index contributed by atoms with van der Waals surface area (Å²) in [5, 5.41) is 9.45. The summed E-state index contributed by atoms with van der Waals surface area (Å²) < 4.78 is 0. The third kappa shape index (κ3) is 2.76. The van der Waals surface area contributed by atoms with E-state index in [-0.39, 0.29) is 12.6 Å². The van der Waals surface area contributed by atoms with Crippen LogP contribution >= 0.6 is 0 Å². The number of hydrogen-bond donors (Lipinski definition) is 1. The molecule has 0 heterocycles. The van der Waals surface area contributed by atoms with Gasteiger partial charge in [0.05, 0.1) is 12.6 Å². The lowest BCUT2D eigenvalue weighted by Crippen LogP contribution is -2.39. The predicted molar refractivity (Wildman–Crippen MR) is 67.7 cm³/mol. The summed E-state index contributed by atoms with van der Waals surface area (Å²) in [4.78, 5) is 2.37. The summed E-state index contributed by atoms with van der Waals surface area (Å²) in [5.74, 6) is 0.848. The molecule has 0 radical (unpaired) electrons. The van der Waals surface area contributed by atoms with Crippen molar-refractivity contribution in [3.63, 3.8) is 0 Å². The van der Waals surface area contributed by atoms with Crippen molar-refractivity contribution < 1.29 is 5.11 Å². The largest absolute Gasteiger partial charge is 0.394 e. The van der Waals surface area contributed by atoms with E-state index in [1.54, 1.807) is 0 Å². The van der Waals surface area contributed by atoms with Gasteiger partial charge >= 0.3 is 0 Å². The van der Waals surface area contributed by atoms with Crippen LogP contribution in [0.1, 0.15) is 26.2 Å². The maximum atomic E-state index is 9.45. The molecule has 0 aromatic heterocycles. The van der Waals surface area contributed by atoms with E-state index >= 15 is 0 Å². The number of hydrogen-bond acceptors (Lipinski definition) is 2. The molecule has 1 aliphatic rings. The van der Waals surface area contributed by atoms with Crippen LogP contribution in [0.25, 0.3) is 0 Å². The lowest BCUT2D eigenvalue weighted by atomic mass is 10.1. The topological polar surface area (TPSA) is 23.5 Å². The highest BCUT2D eigenvalue weighted by Crippen LogP contribution is 2.32. The van der Waals surface area contributed by atoms with Gasteiger partial charge in [-0.2, -0.15) is 0 Å². The van der Waals surface area contributed by atoms with Gasteiger partial charge in [0, 0.05) is 12.2 Å². The molecule has 0 spiro atoms. The fourth-order valence-electron chi connectivity index (χ4n) is 2.11. The average molecular weight is 219 g/mol. The SMILES string of the molecule is CCC(CO)N(CC1CC1)c1ccccc1. The Labute approximate surface area is 97.9 Å². The van der Waals surface area contributed by atoms with E-state index in [4.69, 9.17) is 0 Å². The highest BCUT2D eigenvalue weighted by molar-refractivity contribution is 5.47. The van der Waals surface area contributed by atoms with Crippen LogP contribution in [-0.2, 0) is 0 Å². The molecule has 1 aliphatic carbocycles. The van der Waals surface area contributed by atoms with Crippen molar-refractivity contribution in [3.8, 4) is 0 Å². The van der Waals surface area contributed by atoms with Gasteiger partial charge in [-0.15, -0.1) is 0 Å². The maximum Gasteiger partial charge on any atom is 0.0634 e. The number of rotatable bonds is 6. The molecule has 1 aromatic rings. The van der Waals surface area contributed by atoms with Gasteiger partial charge in [0.15, 0.2) is 0 Å². The molecule has 0 bridgehead atoms. The molecule has 1 atom stereocenters. The van der Waals surface area contributed by atoms with Crippen LogP contribution in [0.5, 0.6) is 0 Å². The Balaban J connectivity index is 2.12. The van der Waals surface area contributed by atoms with E-state index in [0.717, 1.165) is 18.9 Å². The van der Waals surface area contributed by atoms with Crippen molar-refractivity contribution in [2.75, 3.05) is 18.1 Å². The number of nitrogens with zero attached hydrogens (tertiary/aromatic N) is 1. The second-order valence-corrected chi connectivity index (χ2v) is 4.68. The summed E-state index contributed by atoms with van der Waals surface area (Å²) in [7, 11) is 0. The summed E-state index contributed by atoms with van der Waals surface area (Å²) in [5.41, 5.74) is 1.25. The number of anilines is 1. The Hall–Kier alpha value is -1.02. The lowest BCUT2D eigenvalue weighted by molar-refractivity contribution is 0.255. The molecule has 2 rings (SSSR count). The summed E-state index contributed by atoms with van der Waals surface area (Å²) in [6.45, 7) is 3.49. The molecule has 0 aliphatic heterocycles. The molecule has 1 unspecified atom stereocenters. The van der Waals surface area contributed by atoms with E-state index in [9.17, 15) is 5.11 Å². The average Bonchev–Trinajstić information content (AvgIpc) is 3.14. The second kappa shape index (κ2) is 5.35. The second-order valence-electron chi connectivity index (χ2n) is 4.68. The fourth-order valence-corrected chi connectivity index (χ4v) is 2.11. The van der Waals surface area contributed by atoms with Crippen molar-refractivity contribution in [2.45, 2.75) is 32.2 Å². The normalized spacial score (nSPS) is 17.1. The molecule has 2 nitrogen and oxygen atoms in total. The molecule has 0 amide bonds. The minimum Gasteiger partial charge on any atom is -0.394 e. The van der Waals surface area contributed by atoms with E-state index in [2.05, 4.69) is 36.1 Å². The van der Waals surface area contributed by atoms with Crippen LogP contribution in [0.15, 0.2) is 30.3 Å². The van der Waals surface area contributed by atoms with Gasteiger partial charge in [0.25, 0.3) is 0 Å². The number of aliphatic hydroxyl groups excluding tert-OH is 1. The van der Waals surface area contributed by atoms with Gasteiger partial charge in [-0.05, 0) is 37.3 Å². The summed E-state index contributed by atoms with van der Waals surface area (Å²) >= 11 is 0. The molecule has 2 heteroatoms. The summed E-state index contributed by atoms with van der Waals surface area (Å²) in [6, 6.07) is 10.7. The summed E-state index contributed by atoms with van der Waals surface area (Å²) in [6.07, 6.45) is 3.70. The Bertz CT molecular complexity index is 304. The van der Waals surface area contributed by atoms with Crippen LogP contribution < -0.4 is 4.90 Å². The predicted octanol–water partition coefficient (Wildman–Crippen LogP) is 2.67. The van der Waals surface area contributed by atoms with Crippen LogP contribution in [0.4, 0.5) is 5.69 Å². The van der Waals surface area contributed by atoms with Crippen LogP contribution in [0, 0.1) is 5.92 Å². The molecule has 1 N–H and O–H groups in total. The van der Waals surface area contributed by atoms with Gasteiger partial charge in [-0.25, -0.2) is 0 Å². The number of benzene rings is 1. The van der Waals surface area contributed by atoms with Crippen molar-refractivity contribution in [2.24, 2.45) is 5.92 Å². The fraction of sp³-hybridized carbons (Fsp3) is 0.571. The Morgan fingerprint density at radius 1 is 1.31 bits per heavy atom. The highest BCUT2D eigenvalue weighted by atomic mass is 16.3. The first-order valence-corrected chi connectivity index (χ1v) is 6.27. The maximum absolute atomic E-state index is 9.45. The zero-order chi connectivity index (χ0) is 11.4. The zero-order valence-corrected chi connectivity index (χ0v) is 9.97. The van der Waals surface area contributed by atoms with Crippen molar-refractivity contribution in [1.29, 1.82) is 0 Å². The van der Waals surface area contributed by atoms with Crippen LogP contribution in [0.2, 0.25) is 0 Å². The van der Waals surface area contributed by atoms with Crippen molar-refractivity contribution in [1.82, 2.24) is 0 Å². The van der Waals surface area contributed by atoms with Crippen molar-refractivity contribution in [3.05, 3.63) is 30.3 Å². The number of aliphatic hydroxyl groups is 1. The van der Waals surface area contributed by atoms with Crippen LogP contribution in [-0.4, -0.2) is 24.3 Å². The number of para-hydroxylation sites is 1. The highest BCUT2D eigenvalue weighted by Gasteiger charge is 2.27. The van der Waals surface area contributed by atoms with E-state index in [1.807, 2.05) is 6.07 Å². The van der Waals surface area contributed by atoms with E-state index < -0.39 is 0 Å². The van der Waals surface area contributed by atoms with Gasteiger partial charge in [-0.1, -0.05) is 25.1 Å². The smallest absolute Gasteiger partial charge is 0.0634 e. The first-order chi connectivity index (χ1) is 7.85. The standard InChI is InChI=1S/C14H21NO/c1-2-13(11-16)15(10-12-8-9-12)14-6-4-3-5-7-14/h3-7,12-13,16H,2,8-11H2,1H3. The third-order valence-corrected chi connectivity index (χ3v) is 3.36. The Morgan fingerprint density at radius 2 is 2.00 bits per heavy atom. The molecular weight excluding hydrogens is 198 g/mol. The van der Waals surface area contributed by atoms with E-state index in [0.29, 0.717) is 0 Å².